The third-order valence-electron chi connectivity index (χ3n) is 1.63. The Hall–Kier alpha value is -1.40. The molecule has 0 bridgehead atoms. The van der Waals surface area contributed by atoms with E-state index >= 15 is 0 Å². The number of hydrogen-bond acceptors (Lipinski definition) is 4. The number of ether oxygens (including phenoxy) is 1. The van der Waals surface area contributed by atoms with Gasteiger partial charge in [0.15, 0.2) is 0 Å². The van der Waals surface area contributed by atoms with Crippen LogP contribution < -0.4 is 11.1 Å². The maximum Gasteiger partial charge on any atom is 0.245 e. The van der Waals surface area contributed by atoms with Gasteiger partial charge in [0.25, 0.3) is 0 Å². The maximum absolute atomic E-state index is 11.3. The normalized spacial score (nSPS) is 12.5. The summed E-state index contributed by atoms with van der Waals surface area (Å²) in [5.41, 5.74) is 6.38. The molecule has 0 aliphatic rings. The fraction of sp³-hybridized carbons (Fsp3) is 0.500. The van der Waals surface area contributed by atoms with Gasteiger partial charge in [-0.2, -0.15) is 0 Å². The Balaban J connectivity index is 2.48. The third kappa shape index (κ3) is 2.82. The number of anilines is 1. The number of imidazole rings is 1. The van der Waals surface area contributed by atoms with Gasteiger partial charge in [-0.25, -0.2) is 4.98 Å². The Bertz CT molecular complexity index is 310. The lowest BCUT2D eigenvalue weighted by atomic mass is 10.3. The van der Waals surface area contributed by atoms with Crippen molar-refractivity contribution in [1.82, 2.24) is 9.97 Å². The van der Waals surface area contributed by atoms with E-state index in [1.54, 1.807) is 6.20 Å². The van der Waals surface area contributed by atoms with Crippen molar-refractivity contribution in [3.63, 3.8) is 0 Å². The molecular weight excluding hydrogens is 184 g/mol. The molecule has 0 aliphatic heterocycles. The van der Waals surface area contributed by atoms with Crippen molar-refractivity contribution in [3.05, 3.63) is 11.9 Å². The van der Waals surface area contributed by atoms with Gasteiger partial charge in [-0.05, 0) is 6.92 Å². The largest absolute Gasteiger partial charge is 0.383 e. The van der Waals surface area contributed by atoms with E-state index in [2.05, 4.69) is 15.3 Å². The van der Waals surface area contributed by atoms with Crippen LogP contribution in [-0.2, 0) is 9.53 Å². The van der Waals surface area contributed by atoms with E-state index in [-0.39, 0.29) is 12.5 Å². The van der Waals surface area contributed by atoms with Crippen molar-refractivity contribution in [3.8, 4) is 0 Å². The SMILES string of the molecule is COCC(N)C(=O)Nc1ncc(C)[nH]1. The summed E-state index contributed by atoms with van der Waals surface area (Å²) in [6.07, 6.45) is 1.62. The minimum absolute atomic E-state index is 0.186. The molecule has 1 aromatic heterocycles. The number of hydrogen-bond donors (Lipinski definition) is 3. The quantitative estimate of drug-likeness (QED) is 0.615. The average molecular weight is 198 g/mol. The van der Waals surface area contributed by atoms with Gasteiger partial charge < -0.3 is 15.5 Å². The van der Waals surface area contributed by atoms with Crippen LogP contribution in [0.1, 0.15) is 5.69 Å². The van der Waals surface area contributed by atoms with Gasteiger partial charge in [0, 0.05) is 19.0 Å². The molecule has 1 atom stereocenters. The van der Waals surface area contributed by atoms with Crippen LogP contribution in [0.4, 0.5) is 5.95 Å². The molecule has 6 nitrogen and oxygen atoms in total. The number of aromatic amines is 1. The number of rotatable bonds is 4. The summed E-state index contributed by atoms with van der Waals surface area (Å²) in [4.78, 5) is 18.1. The lowest BCUT2D eigenvalue weighted by Gasteiger charge is -2.08. The second-order valence-corrected chi connectivity index (χ2v) is 2.97. The summed E-state index contributed by atoms with van der Waals surface area (Å²) in [5.74, 6) is 0.0836. The number of amides is 1. The third-order valence-corrected chi connectivity index (χ3v) is 1.63. The molecule has 6 heteroatoms. The molecule has 1 heterocycles. The number of aromatic nitrogens is 2. The van der Waals surface area contributed by atoms with Crippen molar-refractivity contribution in [2.24, 2.45) is 5.73 Å². The molecule has 1 amide bonds. The van der Waals surface area contributed by atoms with Gasteiger partial charge >= 0.3 is 0 Å². The molecule has 78 valence electrons. The van der Waals surface area contributed by atoms with Crippen LogP contribution in [0.25, 0.3) is 0 Å². The summed E-state index contributed by atoms with van der Waals surface area (Å²) >= 11 is 0. The average Bonchev–Trinajstić information content (AvgIpc) is 2.51. The minimum Gasteiger partial charge on any atom is -0.383 e. The molecule has 0 aromatic carbocycles. The van der Waals surface area contributed by atoms with Crippen molar-refractivity contribution in [2.45, 2.75) is 13.0 Å². The van der Waals surface area contributed by atoms with Crippen molar-refractivity contribution in [2.75, 3.05) is 19.0 Å². The van der Waals surface area contributed by atoms with Gasteiger partial charge in [0.1, 0.15) is 6.04 Å². The molecule has 1 aromatic rings. The molecule has 0 aliphatic carbocycles. The van der Waals surface area contributed by atoms with Gasteiger partial charge in [0.05, 0.1) is 6.61 Å². The molecule has 1 unspecified atom stereocenters. The Kier molecular flexibility index (Phi) is 3.61. The monoisotopic (exact) mass is 198 g/mol. The number of aryl methyl sites for hydroxylation is 1. The zero-order chi connectivity index (χ0) is 10.6. The first-order chi connectivity index (χ1) is 6.63. The number of nitrogens with zero attached hydrogens (tertiary/aromatic N) is 1. The lowest BCUT2D eigenvalue weighted by molar-refractivity contribution is -0.118. The summed E-state index contributed by atoms with van der Waals surface area (Å²) < 4.78 is 4.75. The van der Waals surface area contributed by atoms with Crippen LogP contribution in [-0.4, -0.2) is 35.6 Å². The van der Waals surface area contributed by atoms with Crippen molar-refractivity contribution in [1.29, 1.82) is 0 Å². The summed E-state index contributed by atoms with van der Waals surface area (Å²) in [7, 11) is 1.49. The van der Waals surface area contributed by atoms with Crippen LogP contribution >= 0.6 is 0 Å². The van der Waals surface area contributed by atoms with Crippen molar-refractivity contribution >= 4 is 11.9 Å². The first-order valence-corrected chi connectivity index (χ1v) is 4.20. The summed E-state index contributed by atoms with van der Waals surface area (Å²) in [6, 6.07) is -0.676. The highest BCUT2D eigenvalue weighted by atomic mass is 16.5. The van der Waals surface area contributed by atoms with Gasteiger partial charge in [-0.1, -0.05) is 0 Å². The highest BCUT2D eigenvalue weighted by Crippen LogP contribution is 2.00. The predicted molar refractivity (Wildman–Crippen MR) is 51.8 cm³/mol. The zero-order valence-corrected chi connectivity index (χ0v) is 8.20. The Morgan fingerprint density at radius 3 is 3.07 bits per heavy atom. The maximum atomic E-state index is 11.3. The Labute approximate surface area is 81.8 Å². The number of carbonyl (C=O) groups excluding carboxylic acids is 1. The second kappa shape index (κ2) is 4.73. The molecular formula is C8H14N4O2. The summed E-state index contributed by atoms with van der Waals surface area (Å²) in [5, 5.41) is 2.54. The molecule has 0 saturated heterocycles. The minimum atomic E-state index is -0.676. The number of nitrogens with two attached hydrogens (primary N) is 1. The number of methoxy groups -OCH3 is 1. The van der Waals surface area contributed by atoms with Gasteiger partial charge in [0.2, 0.25) is 11.9 Å². The molecule has 0 fully saturated rings. The fourth-order valence-corrected chi connectivity index (χ4v) is 0.941. The first kappa shape index (κ1) is 10.7. The molecule has 14 heavy (non-hydrogen) atoms. The van der Waals surface area contributed by atoms with E-state index in [1.807, 2.05) is 6.92 Å². The van der Waals surface area contributed by atoms with E-state index in [0.717, 1.165) is 5.69 Å². The Morgan fingerprint density at radius 2 is 2.57 bits per heavy atom. The Morgan fingerprint density at radius 1 is 1.86 bits per heavy atom. The molecule has 4 N–H and O–H groups in total. The van der Waals surface area contributed by atoms with E-state index in [4.69, 9.17) is 10.5 Å². The topological polar surface area (TPSA) is 93.0 Å². The standard InChI is InChI=1S/C8H14N4O2/c1-5-3-10-8(11-5)12-7(13)6(9)4-14-2/h3,6H,4,9H2,1-2H3,(H2,10,11,12,13). The lowest BCUT2D eigenvalue weighted by Crippen LogP contribution is -2.39. The van der Waals surface area contributed by atoms with E-state index < -0.39 is 6.04 Å². The van der Waals surface area contributed by atoms with E-state index in [0.29, 0.717) is 5.95 Å². The van der Waals surface area contributed by atoms with E-state index in [1.165, 1.54) is 7.11 Å². The zero-order valence-electron chi connectivity index (χ0n) is 8.20. The first-order valence-electron chi connectivity index (χ1n) is 4.20. The predicted octanol–water partition coefficient (Wildman–Crippen LogP) is -0.370. The van der Waals surface area contributed by atoms with Crippen LogP contribution in [0.2, 0.25) is 0 Å². The van der Waals surface area contributed by atoms with Gasteiger partial charge in [-0.15, -0.1) is 0 Å². The molecule has 0 radical (unpaired) electrons. The van der Waals surface area contributed by atoms with Crippen molar-refractivity contribution < 1.29 is 9.53 Å². The molecule has 0 saturated carbocycles. The smallest absolute Gasteiger partial charge is 0.245 e. The number of carbonyl (C=O) groups is 1. The van der Waals surface area contributed by atoms with E-state index in [9.17, 15) is 4.79 Å². The molecule has 0 spiro atoms. The van der Waals surface area contributed by atoms with Gasteiger partial charge in [-0.3, -0.25) is 10.1 Å². The second-order valence-electron chi connectivity index (χ2n) is 2.97. The number of H-pyrrole nitrogens is 1. The summed E-state index contributed by atoms with van der Waals surface area (Å²) in [6.45, 7) is 2.03. The van der Waals surface area contributed by atoms with Crippen LogP contribution in [0.15, 0.2) is 6.20 Å². The molecule has 1 rings (SSSR count). The van der Waals surface area contributed by atoms with Crippen LogP contribution in [0.3, 0.4) is 0 Å². The number of nitrogens with one attached hydrogen (secondary N) is 2. The van der Waals surface area contributed by atoms with Crippen LogP contribution in [0, 0.1) is 6.92 Å². The highest BCUT2D eigenvalue weighted by molar-refractivity contribution is 5.93. The fourth-order valence-electron chi connectivity index (χ4n) is 0.941. The highest BCUT2D eigenvalue weighted by Gasteiger charge is 2.13. The van der Waals surface area contributed by atoms with Crippen LogP contribution in [0.5, 0.6) is 0 Å².